The first-order chi connectivity index (χ1) is 16.4. The molecule has 0 aliphatic carbocycles. The van der Waals surface area contributed by atoms with Gasteiger partial charge in [-0.25, -0.2) is 13.4 Å². The summed E-state index contributed by atoms with van der Waals surface area (Å²) in [5.41, 5.74) is 1.94. The number of para-hydroxylation sites is 1. The van der Waals surface area contributed by atoms with Crippen LogP contribution in [0.1, 0.15) is 42.7 Å². The Balaban J connectivity index is 1.40. The largest absolute Gasteiger partial charge is 0.298 e. The molecule has 1 fully saturated rings. The van der Waals surface area contributed by atoms with Gasteiger partial charge >= 0.3 is 0 Å². The number of benzene rings is 2. The number of hydrogen-bond donors (Lipinski definition) is 1. The van der Waals surface area contributed by atoms with Crippen LogP contribution in [-0.4, -0.2) is 43.8 Å². The number of anilines is 2. The van der Waals surface area contributed by atoms with E-state index in [-0.39, 0.29) is 10.8 Å². The second kappa shape index (κ2) is 10.7. The summed E-state index contributed by atoms with van der Waals surface area (Å²) in [6, 6.07) is 15.0. The van der Waals surface area contributed by atoms with Crippen molar-refractivity contribution in [1.82, 2.24) is 9.88 Å². The van der Waals surface area contributed by atoms with Gasteiger partial charge in [0.05, 0.1) is 16.3 Å². The molecule has 34 heavy (non-hydrogen) atoms. The molecule has 0 unspecified atom stereocenters. The van der Waals surface area contributed by atoms with Crippen LogP contribution in [0.2, 0.25) is 0 Å². The third-order valence-electron chi connectivity index (χ3n) is 6.07. The summed E-state index contributed by atoms with van der Waals surface area (Å²) in [4.78, 5) is 19.8. The third-order valence-corrected chi connectivity index (χ3v) is 8.79. The molecule has 2 heterocycles. The van der Waals surface area contributed by atoms with E-state index in [1.165, 1.54) is 52.7 Å². The molecule has 2 aromatic carbocycles. The van der Waals surface area contributed by atoms with Crippen molar-refractivity contribution in [2.75, 3.05) is 29.3 Å². The first kappa shape index (κ1) is 24.4. The minimum atomic E-state index is -3.73. The van der Waals surface area contributed by atoms with Gasteiger partial charge in [-0.05, 0) is 75.2 Å². The van der Waals surface area contributed by atoms with Crippen molar-refractivity contribution in [3.8, 4) is 0 Å². The molecule has 0 saturated carbocycles. The minimum absolute atomic E-state index is 0.141. The Morgan fingerprint density at radius 3 is 2.44 bits per heavy atom. The van der Waals surface area contributed by atoms with Gasteiger partial charge in [0.25, 0.3) is 15.9 Å². The summed E-state index contributed by atoms with van der Waals surface area (Å²) < 4.78 is 27.6. The van der Waals surface area contributed by atoms with Crippen LogP contribution in [-0.2, 0) is 16.6 Å². The molecule has 1 amide bonds. The lowest BCUT2D eigenvalue weighted by Gasteiger charge is -2.29. The Morgan fingerprint density at radius 1 is 1.12 bits per heavy atom. The summed E-state index contributed by atoms with van der Waals surface area (Å²) in [5.74, 6) is 0.471. The van der Waals surface area contributed by atoms with Gasteiger partial charge in [-0.15, -0.1) is 11.3 Å². The molecule has 9 heteroatoms. The lowest BCUT2D eigenvalue weighted by atomic mass is 9.99. The molecule has 180 valence electrons. The molecule has 3 aromatic rings. The van der Waals surface area contributed by atoms with Crippen molar-refractivity contribution >= 4 is 38.1 Å². The summed E-state index contributed by atoms with van der Waals surface area (Å²) in [6.07, 6.45) is 2.42. The maximum Gasteiger partial charge on any atom is 0.264 e. The van der Waals surface area contributed by atoms with Crippen LogP contribution in [0.3, 0.4) is 0 Å². The van der Waals surface area contributed by atoms with E-state index in [0.29, 0.717) is 22.9 Å². The number of piperidine rings is 1. The highest BCUT2D eigenvalue weighted by Gasteiger charge is 2.24. The average Bonchev–Trinajstić information content (AvgIpc) is 3.28. The van der Waals surface area contributed by atoms with Crippen molar-refractivity contribution in [1.29, 1.82) is 0 Å². The number of aromatic nitrogens is 1. The molecular formula is C25H30N4O3S2. The quantitative estimate of drug-likeness (QED) is 0.480. The topological polar surface area (TPSA) is 82.6 Å². The average molecular weight is 499 g/mol. The number of thiazole rings is 1. The normalized spacial score (nSPS) is 15.2. The molecule has 1 N–H and O–H groups in total. The molecular weight excluding hydrogens is 468 g/mol. The van der Waals surface area contributed by atoms with Gasteiger partial charge in [0.15, 0.2) is 5.13 Å². The van der Waals surface area contributed by atoms with Crippen LogP contribution < -0.4 is 9.62 Å². The number of sulfonamides is 1. The molecule has 0 spiro atoms. The van der Waals surface area contributed by atoms with Crippen molar-refractivity contribution < 1.29 is 13.2 Å². The van der Waals surface area contributed by atoms with Crippen LogP contribution in [0.25, 0.3) is 0 Å². The van der Waals surface area contributed by atoms with E-state index in [1.807, 2.05) is 11.4 Å². The fraction of sp³-hybridized carbons (Fsp3) is 0.360. The predicted molar refractivity (Wildman–Crippen MR) is 137 cm³/mol. The second-order valence-electron chi connectivity index (χ2n) is 8.59. The van der Waals surface area contributed by atoms with Crippen molar-refractivity contribution in [2.24, 2.45) is 5.92 Å². The molecule has 4 rings (SSSR count). The third kappa shape index (κ3) is 5.65. The van der Waals surface area contributed by atoms with E-state index in [9.17, 15) is 13.2 Å². The number of nitrogens with one attached hydrogen (secondary N) is 1. The van der Waals surface area contributed by atoms with E-state index < -0.39 is 10.0 Å². The first-order valence-electron chi connectivity index (χ1n) is 11.5. The van der Waals surface area contributed by atoms with Crippen molar-refractivity contribution in [3.05, 3.63) is 71.2 Å². The van der Waals surface area contributed by atoms with Gasteiger partial charge < -0.3 is 0 Å². The molecule has 0 radical (unpaired) electrons. The van der Waals surface area contributed by atoms with Crippen LogP contribution in [0.4, 0.5) is 10.8 Å². The fourth-order valence-corrected chi connectivity index (χ4v) is 6.22. The standard InChI is InChI=1S/C25H30N4O3S2/c1-3-29(22-7-5-4-6-8-22)34(31,32)23-11-9-20(10-12-23)24(30)27-25-26-21(18-33-25)17-28-15-13-19(2)14-16-28/h4-12,18-19H,3,13-17H2,1-2H3,(H,26,27,30). The SMILES string of the molecule is CCN(c1ccccc1)S(=O)(=O)c1ccc(C(=O)Nc2nc(CN3CCC(C)CC3)cs2)cc1. The van der Waals surface area contributed by atoms with Crippen molar-refractivity contribution in [2.45, 2.75) is 38.1 Å². The molecule has 1 aliphatic rings. The number of nitrogens with zero attached hydrogens (tertiary/aromatic N) is 3. The van der Waals surface area contributed by atoms with Crippen LogP contribution in [0.15, 0.2) is 64.9 Å². The summed E-state index contributed by atoms with van der Waals surface area (Å²) in [5, 5.41) is 5.35. The van der Waals surface area contributed by atoms with E-state index in [1.54, 1.807) is 31.2 Å². The molecule has 1 aliphatic heterocycles. The smallest absolute Gasteiger partial charge is 0.264 e. The number of amides is 1. The first-order valence-corrected chi connectivity index (χ1v) is 13.8. The number of carbonyl (C=O) groups excluding carboxylic acids is 1. The zero-order valence-electron chi connectivity index (χ0n) is 19.5. The number of carbonyl (C=O) groups is 1. The van der Waals surface area contributed by atoms with Crippen LogP contribution in [0.5, 0.6) is 0 Å². The zero-order chi connectivity index (χ0) is 24.1. The van der Waals surface area contributed by atoms with Crippen molar-refractivity contribution in [3.63, 3.8) is 0 Å². The zero-order valence-corrected chi connectivity index (χ0v) is 21.1. The van der Waals surface area contributed by atoms with Gasteiger partial charge in [-0.2, -0.15) is 0 Å². The Bertz CT molecular complexity index is 1200. The van der Waals surface area contributed by atoms with Crippen LogP contribution >= 0.6 is 11.3 Å². The fourth-order valence-electron chi connectivity index (χ4n) is 4.05. The molecule has 0 bridgehead atoms. The molecule has 1 aromatic heterocycles. The predicted octanol–water partition coefficient (Wildman–Crippen LogP) is 4.84. The van der Waals surface area contributed by atoms with Gasteiger partial charge in [0.2, 0.25) is 0 Å². The maximum atomic E-state index is 13.1. The van der Waals surface area contributed by atoms with E-state index in [2.05, 4.69) is 22.1 Å². The Labute approximate surface area is 205 Å². The second-order valence-corrected chi connectivity index (χ2v) is 11.3. The summed E-state index contributed by atoms with van der Waals surface area (Å²) >= 11 is 1.40. The lowest BCUT2D eigenvalue weighted by Crippen LogP contribution is -2.32. The monoisotopic (exact) mass is 498 g/mol. The Kier molecular flexibility index (Phi) is 7.65. The Morgan fingerprint density at radius 2 is 1.79 bits per heavy atom. The van der Waals surface area contributed by atoms with E-state index in [4.69, 9.17) is 0 Å². The number of hydrogen-bond acceptors (Lipinski definition) is 6. The van der Waals surface area contributed by atoms with Gasteiger partial charge in [-0.1, -0.05) is 25.1 Å². The van der Waals surface area contributed by atoms with Crippen LogP contribution in [0, 0.1) is 5.92 Å². The summed E-state index contributed by atoms with van der Waals surface area (Å²) in [7, 11) is -3.73. The Hall–Kier alpha value is -2.75. The van der Waals surface area contributed by atoms with Gasteiger partial charge in [-0.3, -0.25) is 19.3 Å². The van der Waals surface area contributed by atoms with E-state index >= 15 is 0 Å². The molecule has 0 atom stereocenters. The minimum Gasteiger partial charge on any atom is -0.298 e. The highest BCUT2D eigenvalue weighted by Crippen LogP contribution is 2.24. The van der Waals surface area contributed by atoms with E-state index in [0.717, 1.165) is 31.2 Å². The lowest BCUT2D eigenvalue weighted by molar-refractivity contribution is 0.102. The molecule has 7 nitrogen and oxygen atoms in total. The highest BCUT2D eigenvalue weighted by molar-refractivity contribution is 7.92. The summed E-state index contributed by atoms with van der Waals surface area (Å²) in [6.45, 7) is 7.34. The maximum absolute atomic E-state index is 13.1. The highest BCUT2D eigenvalue weighted by atomic mass is 32.2. The number of likely N-dealkylation sites (tertiary alicyclic amines) is 1. The van der Waals surface area contributed by atoms with Gasteiger partial charge in [0, 0.05) is 24.0 Å². The van der Waals surface area contributed by atoms with Gasteiger partial charge in [0.1, 0.15) is 0 Å². The molecule has 1 saturated heterocycles. The number of rotatable bonds is 8.